The van der Waals surface area contributed by atoms with Crippen LogP contribution in [-0.2, 0) is 10.0 Å². The average molecular weight is 397 g/mol. The minimum absolute atomic E-state index is 0.106. The number of nitrogens with one attached hydrogen (secondary N) is 2. The van der Waals surface area contributed by atoms with E-state index in [0.717, 1.165) is 0 Å². The van der Waals surface area contributed by atoms with E-state index in [1.807, 2.05) is 6.92 Å². The Labute approximate surface area is 158 Å². The number of amides is 1. The van der Waals surface area contributed by atoms with Gasteiger partial charge in [-0.15, -0.1) is 0 Å². The van der Waals surface area contributed by atoms with E-state index < -0.39 is 15.9 Å². The largest absolute Gasteiger partial charge is 0.495 e. The lowest BCUT2D eigenvalue weighted by molar-refractivity contribution is 0.102. The van der Waals surface area contributed by atoms with E-state index in [1.165, 1.54) is 31.4 Å². The van der Waals surface area contributed by atoms with Gasteiger partial charge in [0.05, 0.1) is 17.7 Å². The molecule has 2 aromatic rings. The van der Waals surface area contributed by atoms with E-state index in [9.17, 15) is 13.2 Å². The van der Waals surface area contributed by atoms with Crippen molar-refractivity contribution in [3.63, 3.8) is 0 Å². The quantitative estimate of drug-likeness (QED) is 0.747. The average Bonchev–Trinajstić information content (AvgIpc) is 2.61. The molecule has 1 atom stereocenters. The van der Waals surface area contributed by atoms with Crippen molar-refractivity contribution in [3.05, 3.63) is 53.1 Å². The number of hydrogen-bond acceptors (Lipinski definition) is 4. The van der Waals surface area contributed by atoms with Gasteiger partial charge in [-0.25, -0.2) is 13.1 Å². The van der Waals surface area contributed by atoms with Crippen LogP contribution in [0.2, 0.25) is 5.02 Å². The van der Waals surface area contributed by atoms with Crippen molar-refractivity contribution >= 4 is 33.2 Å². The smallest absolute Gasteiger partial charge is 0.255 e. The number of carbonyl (C=O) groups is 1. The highest BCUT2D eigenvalue weighted by Crippen LogP contribution is 2.28. The zero-order chi connectivity index (χ0) is 19.3. The van der Waals surface area contributed by atoms with Crippen LogP contribution in [-0.4, -0.2) is 27.5 Å². The normalized spacial score (nSPS) is 12.5. The minimum atomic E-state index is -3.61. The molecule has 26 heavy (non-hydrogen) atoms. The summed E-state index contributed by atoms with van der Waals surface area (Å²) in [6.07, 6.45) is 0.682. The SMILES string of the molecule is CCC(C)NS(=O)(=O)c1ccc(C(=O)Nc2cc(Cl)ccc2OC)cc1. The third-order valence-electron chi connectivity index (χ3n) is 3.81. The molecular formula is C18H21ClN2O4S. The van der Waals surface area contributed by atoms with Crippen molar-refractivity contribution in [2.24, 2.45) is 0 Å². The Morgan fingerprint density at radius 3 is 2.42 bits per heavy atom. The van der Waals surface area contributed by atoms with E-state index in [4.69, 9.17) is 16.3 Å². The molecule has 0 fully saturated rings. The molecule has 0 spiro atoms. The number of methoxy groups -OCH3 is 1. The summed E-state index contributed by atoms with van der Waals surface area (Å²) in [5.41, 5.74) is 0.745. The van der Waals surface area contributed by atoms with Gasteiger partial charge >= 0.3 is 0 Å². The van der Waals surface area contributed by atoms with E-state index >= 15 is 0 Å². The molecule has 2 aromatic carbocycles. The van der Waals surface area contributed by atoms with Gasteiger partial charge in [0.1, 0.15) is 5.75 Å². The second-order valence-electron chi connectivity index (χ2n) is 5.75. The van der Waals surface area contributed by atoms with Gasteiger partial charge in [0, 0.05) is 16.6 Å². The zero-order valence-electron chi connectivity index (χ0n) is 14.7. The molecule has 1 unspecified atom stereocenters. The molecule has 0 aliphatic carbocycles. The third kappa shape index (κ3) is 4.97. The summed E-state index contributed by atoms with van der Waals surface area (Å²) in [5, 5.41) is 3.16. The Hall–Kier alpha value is -2.09. The summed E-state index contributed by atoms with van der Waals surface area (Å²) in [6.45, 7) is 3.68. The minimum Gasteiger partial charge on any atom is -0.495 e. The summed E-state index contributed by atoms with van der Waals surface area (Å²) >= 11 is 5.95. The van der Waals surface area contributed by atoms with Crippen LogP contribution in [0.3, 0.4) is 0 Å². The van der Waals surface area contributed by atoms with Crippen LogP contribution >= 0.6 is 11.6 Å². The monoisotopic (exact) mass is 396 g/mol. The molecule has 0 radical (unpaired) electrons. The van der Waals surface area contributed by atoms with Gasteiger partial charge in [-0.1, -0.05) is 18.5 Å². The van der Waals surface area contributed by atoms with Crippen molar-refractivity contribution in [3.8, 4) is 5.75 Å². The molecule has 0 aromatic heterocycles. The van der Waals surface area contributed by atoms with E-state index in [2.05, 4.69) is 10.0 Å². The van der Waals surface area contributed by atoms with Crippen molar-refractivity contribution in [2.75, 3.05) is 12.4 Å². The third-order valence-corrected chi connectivity index (χ3v) is 5.65. The topological polar surface area (TPSA) is 84.5 Å². The lowest BCUT2D eigenvalue weighted by Crippen LogP contribution is -2.32. The Balaban J connectivity index is 2.18. The van der Waals surface area contributed by atoms with Crippen LogP contribution in [0.1, 0.15) is 30.6 Å². The van der Waals surface area contributed by atoms with Gasteiger partial charge in [0.25, 0.3) is 5.91 Å². The van der Waals surface area contributed by atoms with Crippen LogP contribution in [0.4, 0.5) is 5.69 Å². The van der Waals surface area contributed by atoms with E-state index in [-0.39, 0.29) is 10.9 Å². The number of carbonyl (C=O) groups excluding carboxylic acids is 1. The first-order valence-corrected chi connectivity index (χ1v) is 9.90. The van der Waals surface area contributed by atoms with Gasteiger partial charge in [0.2, 0.25) is 10.0 Å². The standard InChI is InChI=1S/C18H21ClN2O4S/c1-4-12(2)21-26(23,24)15-8-5-13(6-9-15)18(22)20-16-11-14(19)7-10-17(16)25-3/h5-12,21H,4H2,1-3H3,(H,20,22). The van der Waals surface area contributed by atoms with Crippen LogP contribution in [0.5, 0.6) is 5.75 Å². The second-order valence-corrected chi connectivity index (χ2v) is 7.90. The van der Waals surface area contributed by atoms with Crippen molar-refractivity contribution in [1.82, 2.24) is 4.72 Å². The number of ether oxygens (including phenoxy) is 1. The Morgan fingerprint density at radius 2 is 1.85 bits per heavy atom. The van der Waals surface area contributed by atoms with E-state index in [0.29, 0.717) is 28.4 Å². The van der Waals surface area contributed by atoms with Crippen molar-refractivity contribution < 1.29 is 17.9 Å². The fraction of sp³-hybridized carbons (Fsp3) is 0.278. The van der Waals surface area contributed by atoms with Gasteiger partial charge in [-0.3, -0.25) is 4.79 Å². The van der Waals surface area contributed by atoms with Gasteiger partial charge in [-0.2, -0.15) is 0 Å². The molecule has 2 rings (SSSR count). The van der Waals surface area contributed by atoms with E-state index in [1.54, 1.807) is 25.1 Å². The fourth-order valence-corrected chi connectivity index (χ4v) is 3.67. The van der Waals surface area contributed by atoms with Crippen LogP contribution < -0.4 is 14.8 Å². The summed E-state index contributed by atoms with van der Waals surface area (Å²) in [4.78, 5) is 12.5. The second kappa shape index (κ2) is 8.53. The highest BCUT2D eigenvalue weighted by Gasteiger charge is 2.17. The maximum atomic E-state index is 12.4. The highest BCUT2D eigenvalue weighted by molar-refractivity contribution is 7.89. The van der Waals surface area contributed by atoms with Gasteiger partial charge in [0.15, 0.2) is 0 Å². The first-order chi connectivity index (χ1) is 12.3. The maximum Gasteiger partial charge on any atom is 0.255 e. The number of rotatable bonds is 7. The van der Waals surface area contributed by atoms with Crippen molar-refractivity contribution in [2.45, 2.75) is 31.2 Å². The van der Waals surface area contributed by atoms with Crippen LogP contribution in [0.25, 0.3) is 0 Å². The number of sulfonamides is 1. The number of halogens is 1. The summed E-state index contributed by atoms with van der Waals surface area (Å²) in [5.74, 6) is 0.0732. The molecular weight excluding hydrogens is 376 g/mol. The molecule has 0 aliphatic rings. The number of anilines is 1. The molecule has 6 nitrogen and oxygen atoms in total. The van der Waals surface area contributed by atoms with Crippen molar-refractivity contribution in [1.29, 1.82) is 0 Å². The molecule has 0 aliphatic heterocycles. The predicted molar refractivity (Wildman–Crippen MR) is 102 cm³/mol. The molecule has 140 valence electrons. The summed E-state index contributed by atoms with van der Waals surface area (Å²) in [7, 11) is -2.12. The Kier molecular flexibility index (Phi) is 6.63. The lowest BCUT2D eigenvalue weighted by atomic mass is 10.2. The molecule has 0 saturated heterocycles. The van der Waals surface area contributed by atoms with Gasteiger partial charge < -0.3 is 10.1 Å². The Bertz CT molecular complexity index is 883. The molecule has 8 heteroatoms. The summed E-state index contributed by atoms with van der Waals surface area (Å²) < 4.78 is 32.3. The zero-order valence-corrected chi connectivity index (χ0v) is 16.3. The first-order valence-electron chi connectivity index (χ1n) is 8.04. The highest BCUT2D eigenvalue weighted by atomic mass is 35.5. The summed E-state index contributed by atoms with van der Waals surface area (Å²) in [6, 6.07) is 10.4. The molecule has 0 heterocycles. The molecule has 2 N–H and O–H groups in total. The number of hydrogen-bond donors (Lipinski definition) is 2. The van der Waals surface area contributed by atoms with Gasteiger partial charge in [-0.05, 0) is 55.8 Å². The Morgan fingerprint density at radius 1 is 1.19 bits per heavy atom. The molecule has 0 saturated carbocycles. The molecule has 1 amide bonds. The van der Waals surface area contributed by atoms with Crippen LogP contribution in [0, 0.1) is 0 Å². The maximum absolute atomic E-state index is 12.4. The first kappa shape index (κ1) is 20.2. The fourth-order valence-electron chi connectivity index (χ4n) is 2.17. The molecule has 0 bridgehead atoms. The predicted octanol–water partition coefficient (Wildman–Crippen LogP) is 3.68. The van der Waals surface area contributed by atoms with Crippen LogP contribution in [0.15, 0.2) is 47.4 Å². The lowest BCUT2D eigenvalue weighted by Gasteiger charge is -2.13. The number of benzene rings is 2.